The number of aromatic nitrogens is 1. The predicted octanol–water partition coefficient (Wildman–Crippen LogP) is 3.98. The van der Waals surface area contributed by atoms with Crippen molar-refractivity contribution in [3.05, 3.63) is 41.6 Å². The lowest BCUT2D eigenvalue weighted by Crippen LogP contribution is -2.34. The molecule has 0 spiro atoms. The first-order valence-electron chi connectivity index (χ1n) is 7.28. The number of halogens is 1. The molecule has 0 aliphatic carbocycles. The van der Waals surface area contributed by atoms with E-state index < -0.39 is 0 Å². The van der Waals surface area contributed by atoms with Gasteiger partial charge in [0.25, 0.3) is 0 Å². The zero-order valence-electron chi connectivity index (χ0n) is 13.0. The van der Waals surface area contributed by atoms with Crippen molar-refractivity contribution in [3.63, 3.8) is 0 Å². The van der Waals surface area contributed by atoms with Gasteiger partial charge in [0, 0.05) is 31.4 Å². The minimum atomic E-state index is -0.199. The van der Waals surface area contributed by atoms with Crippen LogP contribution < -0.4 is 15.8 Å². The molecule has 1 aromatic heterocycles. The molecular formula is C16H19ClN4O2. The lowest BCUT2D eigenvalue weighted by atomic mass is 10.3. The summed E-state index contributed by atoms with van der Waals surface area (Å²) in [6, 6.07) is 8.15. The summed E-state index contributed by atoms with van der Waals surface area (Å²) in [6.07, 6.45) is 1.56. The van der Waals surface area contributed by atoms with Crippen LogP contribution in [0.5, 0.6) is 11.5 Å². The molecule has 0 saturated heterocycles. The molecule has 1 heterocycles. The van der Waals surface area contributed by atoms with Gasteiger partial charge in [-0.15, -0.1) is 0 Å². The van der Waals surface area contributed by atoms with Crippen molar-refractivity contribution < 1.29 is 9.53 Å². The SMILES string of the molecule is CCN(CC)C(=O)Nc1cc(Oc2ccc(N)c(Cl)c2)ccn1. The lowest BCUT2D eigenvalue weighted by molar-refractivity contribution is 0.217. The quantitative estimate of drug-likeness (QED) is 0.810. The largest absolute Gasteiger partial charge is 0.457 e. The number of pyridine rings is 1. The van der Waals surface area contributed by atoms with Crippen molar-refractivity contribution in [2.45, 2.75) is 13.8 Å². The fourth-order valence-corrected chi connectivity index (χ4v) is 2.12. The highest BCUT2D eigenvalue weighted by Crippen LogP contribution is 2.28. The van der Waals surface area contributed by atoms with Crippen LogP contribution in [0.15, 0.2) is 36.5 Å². The summed E-state index contributed by atoms with van der Waals surface area (Å²) in [7, 11) is 0. The molecule has 0 fully saturated rings. The minimum Gasteiger partial charge on any atom is -0.457 e. The van der Waals surface area contributed by atoms with E-state index in [2.05, 4.69) is 10.3 Å². The Kier molecular flexibility index (Phi) is 5.65. The standard InChI is InChI=1S/C16H19ClN4O2/c1-3-21(4-2)16(22)20-15-10-12(7-8-19-15)23-11-5-6-14(18)13(17)9-11/h5-10H,3-4,18H2,1-2H3,(H,19,20,22). The van der Waals surface area contributed by atoms with E-state index in [1.165, 1.54) is 0 Å². The van der Waals surface area contributed by atoms with Crippen LogP contribution >= 0.6 is 11.6 Å². The Morgan fingerprint density at radius 2 is 1.96 bits per heavy atom. The second-order valence-corrected chi connectivity index (χ2v) is 5.17. The summed E-state index contributed by atoms with van der Waals surface area (Å²) in [6.45, 7) is 5.09. The maximum absolute atomic E-state index is 12.0. The first-order chi connectivity index (χ1) is 11.0. The molecule has 0 unspecified atom stereocenters. The zero-order chi connectivity index (χ0) is 16.8. The summed E-state index contributed by atoms with van der Waals surface area (Å²) >= 11 is 5.97. The molecule has 0 saturated carbocycles. The van der Waals surface area contributed by atoms with Crippen LogP contribution in [-0.2, 0) is 0 Å². The topological polar surface area (TPSA) is 80.5 Å². The van der Waals surface area contributed by atoms with Crippen molar-refractivity contribution in [1.29, 1.82) is 0 Å². The monoisotopic (exact) mass is 334 g/mol. The average molecular weight is 335 g/mol. The molecule has 0 atom stereocenters. The molecule has 0 radical (unpaired) electrons. The highest BCUT2D eigenvalue weighted by Gasteiger charge is 2.10. The van der Waals surface area contributed by atoms with E-state index in [1.807, 2.05) is 13.8 Å². The second kappa shape index (κ2) is 7.69. The Morgan fingerprint density at radius 3 is 2.61 bits per heavy atom. The summed E-state index contributed by atoms with van der Waals surface area (Å²) in [5, 5.41) is 3.16. The number of anilines is 2. The number of nitrogens with zero attached hydrogens (tertiary/aromatic N) is 2. The number of amides is 2. The molecule has 2 rings (SSSR count). The van der Waals surface area contributed by atoms with Crippen molar-refractivity contribution in [3.8, 4) is 11.5 Å². The Morgan fingerprint density at radius 1 is 1.26 bits per heavy atom. The Labute approximate surface area is 140 Å². The third kappa shape index (κ3) is 4.50. The van der Waals surface area contributed by atoms with Gasteiger partial charge in [-0.25, -0.2) is 9.78 Å². The van der Waals surface area contributed by atoms with Crippen LogP contribution in [-0.4, -0.2) is 29.0 Å². The summed E-state index contributed by atoms with van der Waals surface area (Å²) in [5.74, 6) is 1.51. The number of urea groups is 1. The fraction of sp³-hybridized carbons (Fsp3) is 0.250. The Hall–Kier alpha value is -2.47. The van der Waals surface area contributed by atoms with Crippen LogP contribution in [0.2, 0.25) is 5.02 Å². The maximum atomic E-state index is 12.0. The molecule has 0 bridgehead atoms. The first-order valence-corrected chi connectivity index (χ1v) is 7.66. The van der Waals surface area contributed by atoms with E-state index in [-0.39, 0.29) is 6.03 Å². The lowest BCUT2D eigenvalue weighted by Gasteiger charge is -2.18. The van der Waals surface area contributed by atoms with Crippen molar-refractivity contribution in [1.82, 2.24) is 9.88 Å². The van der Waals surface area contributed by atoms with Crippen LogP contribution in [0, 0.1) is 0 Å². The van der Waals surface area contributed by atoms with Gasteiger partial charge in [-0.05, 0) is 32.0 Å². The number of carbonyl (C=O) groups excluding carboxylic acids is 1. The van der Waals surface area contributed by atoms with E-state index in [9.17, 15) is 4.79 Å². The Balaban J connectivity index is 2.10. The molecule has 122 valence electrons. The molecule has 2 amide bonds. The van der Waals surface area contributed by atoms with E-state index in [1.54, 1.807) is 41.4 Å². The van der Waals surface area contributed by atoms with Gasteiger partial charge in [-0.2, -0.15) is 0 Å². The molecule has 6 nitrogen and oxygen atoms in total. The molecule has 0 aliphatic heterocycles. The van der Waals surface area contributed by atoms with Gasteiger partial charge in [-0.1, -0.05) is 11.6 Å². The molecule has 1 aromatic carbocycles. The van der Waals surface area contributed by atoms with Crippen molar-refractivity contribution >= 4 is 29.1 Å². The zero-order valence-corrected chi connectivity index (χ0v) is 13.8. The number of nitrogens with one attached hydrogen (secondary N) is 1. The number of rotatable bonds is 5. The third-order valence-corrected chi connectivity index (χ3v) is 3.55. The van der Waals surface area contributed by atoms with Gasteiger partial charge in [0.15, 0.2) is 0 Å². The number of carbonyl (C=O) groups is 1. The first kappa shape index (κ1) is 16.9. The van der Waals surface area contributed by atoms with Gasteiger partial charge in [0.2, 0.25) is 0 Å². The molecule has 7 heteroatoms. The highest BCUT2D eigenvalue weighted by atomic mass is 35.5. The molecule has 2 aromatic rings. The number of ether oxygens (including phenoxy) is 1. The highest BCUT2D eigenvalue weighted by molar-refractivity contribution is 6.33. The third-order valence-electron chi connectivity index (χ3n) is 3.22. The maximum Gasteiger partial charge on any atom is 0.322 e. The molecule has 0 aliphatic rings. The van der Waals surface area contributed by atoms with E-state index in [0.29, 0.717) is 41.1 Å². The number of nitrogen functional groups attached to an aromatic ring is 1. The molecular weight excluding hydrogens is 316 g/mol. The Bertz CT molecular complexity index is 690. The van der Waals surface area contributed by atoms with E-state index >= 15 is 0 Å². The van der Waals surface area contributed by atoms with Crippen LogP contribution in [0.4, 0.5) is 16.3 Å². The predicted molar refractivity (Wildman–Crippen MR) is 92.1 cm³/mol. The van der Waals surface area contributed by atoms with Crippen molar-refractivity contribution in [2.24, 2.45) is 0 Å². The minimum absolute atomic E-state index is 0.199. The van der Waals surface area contributed by atoms with Gasteiger partial charge >= 0.3 is 6.03 Å². The normalized spacial score (nSPS) is 10.2. The van der Waals surface area contributed by atoms with E-state index in [4.69, 9.17) is 22.1 Å². The van der Waals surface area contributed by atoms with Crippen LogP contribution in [0.3, 0.4) is 0 Å². The van der Waals surface area contributed by atoms with Crippen LogP contribution in [0.25, 0.3) is 0 Å². The van der Waals surface area contributed by atoms with Gasteiger partial charge < -0.3 is 15.4 Å². The molecule has 23 heavy (non-hydrogen) atoms. The van der Waals surface area contributed by atoms with Gasteiger partial charge in [-0.3, -0.25) is 5.32 Å². The number of nitrogens with two attached hydrogens (primary N) is 1. The average Bonchev–Trinajstić information content (AvgIpc) is 2.52. The summed E-state index contributed by atoms with van der Waals surface area (Å²) < 4.78 is 5.70. The number of hydrogen-bond donors (Lipinski definition) is 2. The van der Waals surface area contributed by atoms with Crippen LogP contribution in [0.1, 0.15) is 13.8 Å². The molecule has 3 N–H and O–H groups in total. The van der Waals surface area contributed by atoms with E-state index in [0.717, 1.165) is 0 Å². The fourth-order valence-electron chi connectivity index (χ4n) is 1.95. The summed E-state index contributed by atoms with van der Waals surface area (Å²) in [4.78, 5) is 17.8. The number of benzene rings is 1. The van der Waals surface area contributed by atoms with Gasteiger partial charge in [0.05, 0.1) is 10.7 Å². The van der Waals surface area contributed by atoms with Gasteiger partial charge in [0.1, 0.15) is 17.3 Å². The van der Waals surface area contributed by atoms with Crippen molar-refractivity contribution in [2.75, 3.05) is 24.1 Å². The summed E-state index contributed by atoms with van der Waals surface area (Å²) in [5.41, 5.74) is 6.15. The second-order valence-electron chi connectivity index (χ2n) is 4.76. The number of hydrogen-bond acceptors (Lipinski definition) is 4. The smallest absolute Gasteiger partial charge is 0.322 e.